The van der Waals surface area contributed by atoms with Crippen LogP contribution in [0.2, 0.25) is 0 Å². The van der Waals surface area contributed by atoms with E-state index in [1.807, 2.05) is 0 Å². The fourth-order valence-corrected chi connectivity index (χ4v) is 2.93. The minimum Gasteiger partial charge on any atom is -0.488 e. The summed E-state index contributed by atoms with van der Waals surface area (Å²) in [4.78, 5) is 4.87. The Labute approximate surface area is 141 Å². The van der Waals surface area contributed by atoms with Crippen molar-refractivity contribution in [2.75, 3.05) is 40.3 Å². The minimum absolute atomic E-state index is 0.150. The van der Waals surface area contributed by atoms with Crippen LogP contribution in [-0.2, 0) is 0 Å². The molecule has 1 aromatic rings. The van der Waals surface area contributed by atoms with Gasteiger partial charge in [0.1, 0.15) is 11.4 Å². The number of ether oxygens (including phenoxy) is 1. The highest BCUT2D eigenvalue weighted by Gasteiger charge is 2.22. The first-order chi connectivity index (χ1) is 10.7. The zero-order valence-corrected chi connectivity index (χ0v) is 15.6. The van der Waals surface area contributed by atoms with Gasteiger partial charge in [0, 0.05) is 38.3 Å². The molecule has 1 fully saturated rings. The van der Waals surface area contributed by atoms with Crippen LogP contribution < -0.4 is 10.1 Å². The summed E-state index contributed by atoms with van der Waals surface area (Å²) < 4.78 is 5.88. The largest absolute Gasteiger partial charge is 0.488 e. The number of piperazine rings is 1. The zero-order chi connectivity index (χ0) is 17.0. The van der Waals surface area contributed by atoms with Crippen LogP contribution in [0.25, 0.3) is 0 Å². The Bertz CT molecular complexity index is 480. The van der Waals surface area contributed by atoms with Gasteiger partial charge >= 0.3 is 0 Å². The molecule has 0 saturated carbocycles. The van der Waals surface area contributed by atoms with Crippen molar-refractivity contribution in [2.24, 2.45) is 0 Å². The lowest BCUT2D eigenvalue weighted by Crippen LogP contribution is -2.53. The maximum atomic E-state index is 5.88. The third kappa shape index (κ3) is 5.79. The van der Waals surface area contributed by atoms with Crippen molar-refractivity contribution < 1.29 is 4.74 Å². The maximum Gasteiger partial charge on any atom is 0.120 e. The first-order valence-electron chi connectivity index (χ1n) is 8.66. The molecule has 23 heavy (non-hydrogen) atoms. The Balaban J connectivity index is 1.86. The number of nitrogens with one attached hydrogen (secondary N) is 1. The number of rotatable bonds is 5. The molecule has 0 unspecified atom stereocenters. The van der Waals surface area contributed by atoms with E-state index in [1.165, 1.54) is 5.56 Å². The minimum atomic E-state index is -0.150. The van der Waals surface area contributed by atoms with Crippen LogP contribution >= 0.6 is 0 Å². The van der Waals surface area contributed by atoms with E-state index in [0.29, 0.717) is 12.1 Å². The van der Waals surface area contributed by atoms with E-state index < -0.39 is 0 Å². The molecule has 1 saturated heterocycles. The van der Waals surface area contributed by atoms with Crippen LogP contribution in [-0.4, -0.2) is 61.7 Å². The van der Waals surface area contributed by atoms with Gasteiger partial charge in [-0.25, -0.2) is 0 Å². The average molecular weight is 319 g/mol. The Morgan fingerprint density at radius 1 is 1.17 bits per heavy atom. The van der Waals surface area contributed by atoms with E-state index in [9.17, 15) is 0 Å². The van der Waals surface area contributed by atoms with Crippen LogP contribution in [0.15, 0.2) is 24.3 Å². The number of hydrogen-bond acceptors (Lipinski definition) is 4. The van der Waals surface area contributed by atoms with Crippen LogP contribution in [0.5, 0.6) is 5.75 Å². The summed E-state index contributed by atoms with van der Waals surface area (Å²) in [5.41, 5.74) is 1.15. The summed E-state index contributed by atoms with van der Waals surface area (Å²) >= 11 is 0. The first-order valence-corrected chi connectivity index (χ1v) is 8.66. The molecule has 1 heterocycles. The van der Waals surface area contributed by atoms with E-state index in [0.717, 1.165) is 31.9 Å². The molecule has 4 nitrogen and oxygen atoms in total. The van der Waals surface area contributed by atoms with E-state index in [1.54, 1.807) is 0 Å². The van der Waals surface area contributed by atoms with Crippen molar-refractivity contribution in [3.8, 4) is 5.75 Å². The van der Waals surface area contributed by atoms with Gasteiger partial charge in [0.15, 0.2) is 0 Å². The second-order valence-corrected chi connectivity index (χ2v) is 7.81. The van der Waals surface area contributed by atoms with Gasteiger partial charge in [-0.1, -0.05) is 12.1 Å². The van der Waals surface area contributed by atoms with E-state index >= 15 is 0 Å². The Kier molecular flexibility index (Phi) is 6.06. The lowest BCUT2D eigenvalue weighted by molar-refractivity contribution is 0.112. The fraction of sp³-hybridized carbons (Fsp3) is 0.684. The highest BCUT2D eigenvalue weighted by atomic mass is 16.5. The lowest BCUT2D eigenvalue weighted by atomic mass is 10.1. The van der Waals surface area contributed by atoms with Crippen LogP contribution in [0, 0.1) is 0 Å². The number of nitrogens with zero attached hydrogens (tertiary/aromatic N) is 2. The Morgan fingerprint density at radius 2 is 1.83 bits per heavy atom. The third-order valence-electron chi connectivity index (χ3n) is 4.44. The fourth-order valence-electron chi connectivity index (χ4n) is 2.93. The van der Waals surface area contributed by atoms with Crippen LogP contribution in [0.1, 0.15) is 39.3 Å². The van der Waals surface area contributed by atoms with Gasteiger partial charge in [-0.05, 0) is 59.5 Å². The maximum absolute atomic E-state index is 5.88. The van der Waals surface area contributed by atoms with Gasteiger partial charge in [-0.3, -0.25) is 4.90 Å². The molecule has 4 heteroatoms. The second-order valence-electron chi connectivity index (χ2n) is 7.81. The van der Waals surface area contributed by atoms with Crippen molar-refractivity contribution in [2.45, 2.75) is 45.4 Å². The molecule has 2 atom stereocenters. The SMILES string of the molecule is C[C@@H](NC[C@H]1CN(C)CCN1C)c1ccc(OC(C)(C)C)cc1. The highest BCUT2D eigenvalue weighted by Crippen LogP contribution is 2.21. The number of hydrogen-bond donors (Lipinski definition) is 1. The average Bonchev–Trinajstić information content (AvgIpc) is 2.47. The third-order valence-corrected chi connectivity index (χ3v) is 4.44. The number of likely N-dealkylation sites (N-methyl/N-ethyl adjacent to an activating group) is 2. The van der Waals surface area contributed by atoms with Crippen molar-refractivity contribution >= 4 is 0 Å². The molecule has 0 aromatic heterocycles. The molecule has 1 aromatic carbocycles. The van der Waals surface area contributed by atoms with Crippen molar-refractivity contribution in [1.82, 2.24) is 15.1 Å². The molecular formula is C19H33N3O. The van der Waals surface area contributed by atoms with Crippen molar-refractivity contribution in [3.05, 3.63) is 29.8 Å². The normalized spacial score (nSPS) is 22.1. The molecule has 1 N–H and O–H groups in total. The number of benzene rings is 1. The first kappa shape index (κ1) is 18.2. The summed E-state index contributed by atoms with van der Waals surface area (Å²) in [6.07, 6.45) is 0. The van der Waals surface area contributed by atoms with Crippen LogP contribution in [0.3, 0.4) is 0 Å². The van der Waals surface area contributed by atoms with Gasteiger partial charge in [-0.15, -0.1) is 0 Å². The Hall–Kier alpha value is -1.10. The molecule has 0 bridgehead atoms. The second kappa shape index (κ2) is 7.65. The van der Waals surface area contributed by atoms with E-state index in [4.69, 9.17) is 4.74 Å². The molecule has 0 radical (unpaired) electrons. The summed E-state index contributed by atoms with van der Waals surface area (Å²) in [5.74, 6) is 0.932. The van der Waals surface area contributed by atoms with Gasteiger partial charge in [0.25, 0.3) is 0 Å². The Morgan fingerprint density at radius 3 is 2.43 bits per heavy atom. The molecule has 130 valence electrons. The van der Waals surface area contributed by atoms with Crippen molar-refractivity contribution in [1.29, 1.82) is 0 Å². The standard InChI is InChI=1S/C19H33N3O/c1-15(20-13-17-14-21(5)11-12-22(17)6)16-7-9-18(10-8-16)23-19(2,3)4/h7-10,15,17,20H,11-14H2,1-6H3/t15-,17+/m1/s1. The van der Waals surface area contributed by atoms with Gasteiger partial charge < -0.3 is 15.0 Å². The zero-order valence-electron chi connectivity index (χ0n) is 15.6. The van der Waals surface area contributed by atoms with E-state index in [-0.39, 0.29) is 5.60 Å². The van der Waals surface area contributed by atoms with Crippen molar-refractivity contribution in [3.63, 3.8) is 0 Å². The summed E-state index contributed by atoms with van der Waals surface area (Å²) in [6, 6.07) is 9.39. The molecule has 0 amide bonds. The molecule has 2 rings (SSSR count). The molecular weight excluding hydrogens is 286 g/mol. The van der Waals surface area contributed by atoms with Crippen LogP contribution in [0.4, 0.5) is 0 Å². The van der Waals surface area contributed by atoms with Gasteiger partial charge in [-0.2, -0.15) is 0 Å². The molecule has 0 spiro atoms. The molecule has 1 aliphatic rings. The summed E-state index contributed by atoms with van der Waals surface area (Å²) in [7, 11) is 4.43. The van der Waals surface area contributed by atoms with Gasteiger partial charge in [0.05, 0.1) is 0 Å². The monoisotopic (exact) mass is 319 g/mol. The predicted molar refractivity (Wildman–Crippen MR) is 97.2 cm³/mol. The quantitative estimate of drug-likeness (QED) is 0.903. The smallest absolute Gasteiger partial charge is 0.120 e. The lowest BCUT2D eigenvalue weighted by Gasteiger charge is -2.38. The van der Waals surface area contributed by atoms with E-state index in [2.05, 4.69) is 81.2 Å². The van der Waals surface area contributed by atoms with Gasteiger partial charge in [0.2, 0.25) is 0 Å². The molecule has 1 aliphatic heterocycles. The topological polar surface area (TPSA) is 27.7 Å². The predicted octanol–water partition coefficient (Wildman–Crippen LogP) is 2.76. The summed E-state index contributed by atoms with van der Waals surface area (Å²) in [6.45, 7) is 12.9. The summed E-state index contributed by atoms with van der Waals surface area (Å²) in [5, 5.41) is 3.68. The highest BCUT2D eigenvalue weighted by molar-refractivity contribution is 5.29. The molecule has 0 aliphatic carbocycles.